The number of hydrogen-bond donors (Lipinski definition) is 1. The summed E-state index contributed by atoms with van der Waals surface area (Å²) >= 11 is 0. The van der Waals surface area contributed by atoms with Gasteiger partial charge in [0.25, 0.3) is 5.91 Å². The molecule has 0 aliphatic carbocycles. The third kappa shape index (κ3) is 4.10. The molecule has 116 valence electrons. The minimum Gasteiger partial charge on any atom is -0.481 e. The second kappa shape index (κ2) is 7.12. The van der Waals surface area contributed by atoms with Crippen LogP contribution in [0.5, 0.6) is 5.75 Å². The van der Waals surface area contributed by atoms with E-state index in [-0.39, 0.29) is 5.91 Å². The van der Waals surface area contributed by atoms with Gasteiger partial charge in [-0.25, -0.2) is 0 Å². The number of benzene rings is 2. The smallest absolute Gasteiger partial charge is 0.265 e. The van der Waals surface area contributed by atoms with Gasteiger partial charge in [0, 0.05) is 5.69 Å². The van der Waals surface area contributed by atoms with Crippen LogP contribution in [-0.2, 0) is 11.2 Å². The average Bonchev–Trinajstić information content (AvgIpc) is 2.50. The van der Waals surface area contributed by atoms with Gasteiger partial charge in [0.05, 0.1) is 0 Å². The highest BCUT2D eigenvalue weighted by atomic mass is 16.5. The highest BCUT2D eigenvalue weighted by Crippen LogP contribution is 2.20. The lowest BCUT2D eigenvalue weighted by atomic mass is 10.1. The van der Waals surface area contributed by atoms with Crippen LogP contribution in [0.25, 0.3) is 0 Å². The maximum Gasteiger partial charge on any atom is 0.265 e. The summed E-state index contributed by atoms with van der Waals surface area (Å²) in [4.78, 5) is 12.2. The van der Waals surface area contributed by atoms with Crippen LogP contribution in [0, 0.1) is 13.8 Å². The number of rotatable bonds is 5. The van der Waals surface area contributed by atoms with Crippen LogP contribution in [0.15, 0.2) is 42.5 Å². The molecule has 0 saturated carbocycles. The molecule has 2 aromatic rings. The molecule has 22 heavy (non-hydrogen) atoms. The molecule has 3 nitrogen and oxygen atoms in total. The summed E-state index contributed by atoms with van der Waals surface area (Å²) in [5, 5.41) is 2.88. The zero-order valence-electron chi connectivity index (χ0n) is 13.6. The van der Waals surface area contributed by atoms with Crippen molar-refractivity contribution in [3.63, 3.8) is 0 Å². The van der Waals surface area contributed by atoms with E-state index in [2.05, 4.69) is 12.2 Å². The van der Waals surface area contributed by atoms with Gasteiger partial charge in [0.15, 0.2) is 6.10 Å². The summed E-state index contributed by atoms with van der Waals surface area (Å²) in [5.74, 6) is 0.596. The Morgan fingerprint density at radius 1 is 1.14 bits per heavy atom. The van der Waals surface area contributed by atoms with Crippen molar-refractivity contribution in [2.45, 2.75) is 40.2 Å². The van der Waals surface area contributed by atoms with Crippen LogP contribution in [0.3, 0.4) is 0 Å². The van der Waals surface area contributed by atoms with E-state index in [0.717, 1.165) is 23.4 Å². The summed E-state index contributed by atoms with van der Waals surface area (Å²) in [7, 11) is 0. The average molecular weight is 297 g/mol. The minimum atomic E-state index is -0.549. The number of ether oxygens (including phenoxy) is 1. The van der Waals surface area contributed by atoms with Gasteiger partial charge < -0.3 is 10.1 Å². The zero-order valence-corrected chi connectivity index (χ0v) is 13.6. The van der Waals surface area contributed by atoms with Gasteiger partial charge in [0.1, 0.15) is 5.75 Å². The van der Waals surface area contributed by atoms with Crippen LogP contribution < -0.4 is 10.1 Å². The summed E-state index contributed by atoms with van der Waals surface area (Å²) in [5.41, 5.74) is 4.25. The molecule has 0 radical (unpaired) electrons. The second-order valence-electron chi connectivity index (χ2n) is 5.57. The Morgan fingerprint density at radius 3 is 2.41 bits per heavy atom. The molecule has 1 N–H and O–H groups in total. The van der Waals surface area contributed by atoms with Crippen LogP contribution in [0.2, 0.25) is 0 Å². The molecule has 3 heteroatoms. The van der Waals surface area contributed by atoms with Gasteiger partial charge in [-0.3, -0.25) is 4.79 Å². The Balaban J connectivity index is 1.99. The van der Waals surface area contributed by atoms with E-state index in [1.165, 1.54) is 11.1 Å². The van der Waals surface area contributed by atoms with Crippen molar-refractivity contribution in [3.8, 4) is 5.75 Å². The number of hydrogen-bond acceptors (Lipinski definition) is 2. The predicted molar refractivity (Wildman–Crippen MR) is 90.5 cm³/mol. The van der Waals surface area contributed by atoms with Crippen molar-refractivity contribution >= 4 is 11.6 Å². The standard InChI is InChI=1S/C19H23NO2/c1-5-16-7-9-17(10-8-16)20-19(21)15(4)22-18-11-6-13(2)12-14(18)3/h6-12,15H,5H2,1-4H3,(H,20,21)/t15-/m0/s1. The van der Waals surface area contributed by atoms with Gasteiger partial charge >= 0.3 is 0 Å². The zero-order chi connectivity index (χ0) is 16.1. The predicted octanol–water partition coefficient (Wildman–Crippen LogP) is 4.27. The Morgan fingerprint density at radius 2 is 1.82 bits per heavy atom. The molecule has 2 rings (SSSR count). The molecular formula is C19H23NO2. The Labute approximate surface area is 132 Å². The van der Waals surface area contributed by atoms with Gasteiger partial charge in [-0.1, -0.05) is 36.8 Å². The Kier molecular flexibility index (Phi) is 5.21. The monoisotopic (exact) mass is 297 g/mol. The SMILES string of the molecule is CCc1ccc(NC(=O)[C@H](C)Oc2ccc(C)cc2C)cc1. The molecule has 0 unspecified atom stereocenters. The molecule has 0 aliphatic heterocycles. The maximum atomic E-state index is 12.2. The van der Waals surface area contributed by atoms with Crippen molar-refractivity contribution in [2.24, 2.45) is 0 Å². The van der Waals surface area contributed by atoms with Crippen LogP contribution in [0.1, 0.15) is 30.5 Å². The number of aryl methyl sites for hydroxylation is 3. The molecule has 0 aliphatic rings. The summed E-state index contributed by atoms with van der Waals surface area (Å²) in [6.45, 7) is 7.88. The van der Waals surface area contributed by atoms with E-state index >= 15 is 0 Å². The Hall–Kier alpha value is -2.29. The summed E-state index contributed by atoms with van der Waals surface area (Å²) < 4.78 is 5.77. The van der Waals surface area contributed by atoms with E-state index in [9.17, 15) is 4.79 Å². The van der Waals surface area contributed by atoms with Crippen LogP contribution in [0.4, 0.5) is 5.69 Å². The van der Waals surface area contributed by atoms with Gasteiger partial charge in [-0.05, 0) is 56.5 Å². The molecule has 0 heterocycles. The quantitative estimate of drug-likeness (QED) is 0.895. The number of amides is 1. The van der Waals surface area contributed by atoms with Crippen molar-refractivity contribution in [1.29, 1.82) is 0 Å². The minimum absolute atomic E-state index is 0.149. The highest BCUT2D eigenvalue weighted by Gasteiger charge is 2.15. The lowest BCUT2D eigenvalue weighted by Crippen LogP contribution is -2.30. The van der Waals surface area contributed by atoms with E-state index < -0.39 is 6.10 Å². The third-order valence-electron chi connectivity index (χ3n) is 3.63. The van der Waals surface area contributed by atoms with Gasteiger partial charge in [-0.2, -0.15) is 0 Å². The lowest BCUT2D eigenvalue weighted by Gasteiger charge is -2.16. The molecule has 2 aromatic carbocycles. The number of carbonyl (C=O) groups excluding carboxylic acids is 1. The molecule has 1 atom stereocenters. The third-order valence-corrected chi connectivity index (χ3v) is 3.63. The molecule has 0 saturated heterocycles. The first-order chi connectivity index (χ1) is 10.5. The molecule has 0 bridgehead atoms. The van der Waals surface area contributed by atoms with Crippen LogP contribution in [-0.4, -0.2) is 12.0 Å². The van der Waals surface area contributed by atoms with Crippen molar-refractivity contribution in [1.82, 2.24) is 0 Å². The van der Waals surface area contributed by atoms with Gasteiger partial charge in [0.2, 0.25) is 0 Å². The summed E-state index contributed by atoms with van der Waals surface area (Å²) in [6.07, 6.45) is 0.438. The number of carbonyl (C=O) groups is 1. The first-order valence-electron chi connectivity index (χ1n) is 7.63. The molecule has 0 aromatic heterocycles. The topological polar surface area (TPSA) is 38.3 Å². The first kappa shape index (κ1) is 16.1. The van der Waals surface area contributed by atoms with E-state index in [0.29, 0.717) is 0 Å². The summed E-state index contributed by atoms with van der Waals surface area (Å²) in [6, 6.07) is 13.8. The van der Waals surface area contributed by atoms with Gasteiger partial charge in [-0.15, -0.1) is 0 Å². The molecule has 0 fully saturated rings. The molecular weight excluding hydrogens is 274 g/mol. The fraction of sp³-hybridized carbons (Fsp3) is 0.316. The van der Waals surface area contributed by atoms with E-state index in [4.69, 9.17) is 4.74 Å². The lowest BCUT2D eigenvalue weighted by molar-refractivity contribution is -0.122. The largest absolute Gasteiger partial charge is 0.481 e. The van der Waals surface area contributed by atoms with E-state index in [1.54, 1.807) is 6.92 Å². The maximum absolute atomic E-state index is 12.2. The van der Waals surface area contributed by atoms with Crippen molar-refractivity contribution in [2.75, 3.05) is 5.32 Å². The van der Waals surface area contributed by atoms with Crippen molar-refractivity contribution < 1.29 is 9.53 Å². The fourth-order valence-electron chi connectivity index (χ4n) is 2.24. The highest BCUT2D eigenvalue weighted by molar-refractivity contribution is 5.94. The second-order valence-corrected chi connectivity index (χ2v) is 5.57. The normalized spacial score (nSPS) is 11.8. The number of nitrogens with one attached hydrogen (secondary N) is 1. The van der Waals surface area contributed by atoms with Crippen LogP contribution >= 0.6 is 0 Å². The fourth-order valence-corrected chi connectivity index (χ4v) is 2.24. The Bertz CT molecular complexity index is 647. The number of anilines is 1. The van der Waals surface area contributed by atoms with E-state index in [1.807, 2.05) is 56.3 Å². The first-order valence-corrected chi connectivity index (χ1v) is 7.63. The molecule has 1 amide bonds. The van der Waals surface area contributed by atoms with Crippen molar-refractivity contribution in [3.05, 3.63) is 59.2 Å². The molecule has 0 spiro atoms.